The van der Waals surface area contributed by atoms with Gasteiger partial charge in [-0.05, 0) is 52.0 Å². The van der Waals surface area contributed by atoms with E-state index in [4.69, 9.17) is 9.47 Å². The Balaban J connectivity index is 2.27. The minimum absolute atomic E-state index is 0.0723. The molecule has 1 aromatic heterocycles. The summed E-state index contributed by atoms with van der Waals surface area (Å²) in [4.78, 5) is 15.5. The third kappa shape index (κ3) is 3.44. The smallest absolute Gasteiger partial charge is 0.254 e. The van der Waals surface area contributed by atoms with Gasteiger partial charge in [0.2, 0.25) is 0 Å². The first kappa shape index (κ1) is 16.8. The highest BCUT2D eigenvalue weighted by molar-refractivity contribution is 9.10. The average molecular weight is 384 g/mol. The Bertz CT molecular complexity index is 659. The summed E-state index contributed by atoms with van der Waals surface area (Å²) in [6.07, 6.45) is 0. The molecule has 0 unspecified atom stereocenters. The number of methoxy groups -OCH3 is 2. The summed E-state index contributed by atoms with van der Waals surface area (Å²) in [5.41, 5.74) is 1.74. The van der Waals surface area contributed by atoms with Gasteiger partial charge in [-0.1, -0.05) is 0 Å². The highest BCUT2D eigenvalue weighted by atomic mass is 79.9. The van der Waals surface area contributed by atoms with Crippen LogP contribution in [-0.4, -0.2) is 32.1 Å². The minimum Gasteiger partial charge on any atom is -0.495 e. The first-order chi connectivity index (χ1) is 10.5. The van der Waals surface area contributed by atoms with Gasteiger partial charge in [-0.3, -0.25) is 4.79 Å². The molecule has 4 nitrogen and oxygen atoms in total. The average Bonchev–Trinajstić information content (AvgIpc) is 2.91. The first-order valence-corrected chi connectivity index (χ1v) is 8.35. The van der Waals surface area contributed by atoms with Gasteiger partial charge >= 0.3 is 0 Å². The van der Waals surface area contributed by atoms with Crippen LogP contribution in [0, 0.1) is 6.92 Å². The summed E-state index contributed by atoms with van der Waals surface area (Å²) in [6, 6.07) is 5.49. The summed E-state index contributed by atoms with van der Waals surface area (Å²) in [7, 11) is 4.92. The molecule has 0 aliphatic heterocycles. The maximum Gasteiger partial charge on any atom is 0.254 e. The van der Waals surface area contributed by atoms with Crippen LogP contribution in [0.3, 0.4) is 0 Å². The number of thiophene rings is 1. The standard InChI is InChI=1S/C16H18BrNO3S/c1-10-5-6-22-14(10)9-18(2)16(19)11-7-12(20-3)15(17)13(8-11)21-4/h5-8H,9H2,1-4H3. The molecule has 2 rings (SSSR count). The molecule has 0 fully saturated rings. The zero-order valence-electron chi connectivity index (χ0n) is 13.0. The molecule has 0 atom stereocenters. The number of carbonyl (C=O) groups excluding carboxylic acids is 1. The van der Waals surface area contributed by atoms with E-state index in [1.54, 1.807) is 49.6 Å². The van der Waals surface area contributed by atoms with E-state index in [9.17, 15) is 4.79 Å². The fourth-order valence-corrected chi connectivity index (χ4v) is 3.58. The molecule has 22 heavy (non-hydrogen) atoms. The van der Waals surface area contributed by atoms with Gasteiger partial charge in [0.25, 0.3) is 5.91 Å². The van der Waals surface area contributed by atoms with Crippen LogP contribution in [-0.2, 0) is 6.54 Å². The molecule has 0 saturated heterocycles. The van der Waals surface area contributed by atoms with E-state index < -0.39 is 0 Å². The Labute approximate surface area is 142 Å². The lowest BCUT2D eigenvalue weighted by molar-refractivity contribution is 0.0785. The van der Waals surface area contributed by atoms with E-state index in [-0.39, 0.29) is 5.91 Å². The maximum atomic E-state index is 12.6. The molecular weight excluding hydrogens is 366 g/mol. The summed E-state index contributed by atoms with van der Waals surface area (Å²) in [5, 5.41) is 2.04. The highest BCUT2D eigenvalue weighted by Crippen LogP contribution is 2.36. The van der Waals surface area contributed by atoms with Crippen molar-refractivity contribution >= 4 is 33.2 Å². The Kier molecular flexibility index (Phi) is 5.47. The summed E-state index contributed by atoms with van der Waals surface area (Å²) in [5.74, 6) is 1.07. The molecule has 0 aliphatic carbocycles. The number of hydrogen-bond acceptors (Lipinski definition) is 4. The Hall–Kier alpha value is -1.53. The molecule has 1 heterocycles. The van der Waals surface area contributed by atoms with Gasteiger partial charge in [0.15, 0.2) is 0 Å². The second-order valence-corrected chi connectivity index (χ2v) is 6.68. The van der Waals surface area contributed by atoms with Crippen molar-refractivity contribution in [3.63, 3.8) is 0 Å². The maximum absolute atomic E-state index is 12.6. The molecule has 0 spiro atoms. The monoisotopic (exact) mass is 383 g/mol. The molecule has 2 aromatic rings. The predicted octanol–water partition coefficient (Wildman–Crippen LogP) is 4.11. The lowest BCUT2D eigenvalue weighted by atomic mass is 10.1. The minimum atomic E-state index is -0.0723. The van der Waals surface area contributed by atoms with Gasteiger partial charge in [-0.25, -0.2) is 0 Å². The lowest BCUT2D eigenvalue weighted by Crippen LogP contribution is -2.26. The van der Waals surface area contributed by atoms with Crippen molar-refractivity contribution in [2.75, 3.05) is 21.3 Å². The molecule has 1 amide bonds. The van der Waals surface area contributed by atoms with E-state index >= 15 is 0 Å². The zero-order valence-corrected chi connectivity index (χ0v) is 15.4. The summed E-state index contributed by atoms with van der Waals surface area (Å²) < 4.78 is 11.3. The van der Waals surface area contributed by atoms with Crippen molar-refractivity contribution in [3.05, 3.63) is 44.1 Å². The third-order valence-corrected chi connectivity index (χ3v) is 5.18. The van der Waals surface area contributed by atoms with Crippen molar-refractivity contribution in [1.82, 2.24) is 4.90 Å². The van der Waals surface area contributed by atoms with Crippen molar-refractivity contribution in [2.45, 2.75) is 13.5 Å². The number of amides is 1. The number of ether oxygens (including phenoxy) is 2. The van der Waals surface area contributed by atoms with E-state index in [1.807, 2.05) is 5.38 Å². The number of rotatable bonds is 5. The molecular formula is C16H18BrNO3S. The number of halogens is 1. The lowest BCUT2D eigenvalue weighted by Gasteiger charge is -2.18. The van der Waals surface area contributed by atoms with Crippen LogP contribution < -0.4 is 9.47 Å². The second-order valence-electron chi connectivity index (χ2n) is 4.88. The number of benzene rings is 1. The van der Waals surface area contributed by atoms with Crippen molar-refractivity contribution in [1.29, 1.82) is 0 Å². The highest BCUT2D eigenvalue weighted by Gasteiger charge is 2.18. The first-order valence-electron chi connectivity index (χ1n) is 6.67. The number of carbonyl (C=O) groups is 1. The Morgan fingerprint density at radius 3 is 2.32 bits per heavy atom. The summed E-state index contributed by atoms with van der Waals surface area (Å²) in [6.45, 7) is 2.64. The number of hydrogen-bond donors (Lipinski definition) is 0. The van der Waals surface area contributed by atoms with Crippen LogP contribution in [0.1, 0.15) is 20.8 Å². The molecule has 118 valence electrons. The van der Waals surface area contributed by atoms with E-state index in [2.05, 4.69) is 28.9 Å². The van der Waals surface area contributed by atoms with Crippen molar-refractivity contribution < 1.29 is 14.3 Å². The second kappa shape index (κ2) is 7.15. The van der Waals surface area contributed by atoms with Crippen molar-refractivity contribution in [2.24, 2.45) is 0 Å². The zero-order chi connectivity index (χ0) is 16.3. The SMILES string of the molecule is COc1cc(C(=O)N(C)Cc2sccc2C)cc(OC)c1Br. The van der Waals surface area contributed by atoms with Crippen LogP contribution in [0.2, 0.25) is 0 Å². The fourth-order valence-electron chi connectivity index (χ4n) is 2.07. The molecule has 0 radical (unpaired) electrons. The third-order valence-electron chi connectivity index (χ3n) is 3.39. The molecule has 0 aliphatic rings. The Morgan fingerprint density at radius 2 is 1.86 bits per heavy atom. The number of nitrogens with zero attached hydrogens (tertiary/aromatic N) is 1. The van der Waals surface area contributed by atoms with E-state index in [0.717, 1.165) is 0 Å². The molecule has 0 bridgehead atoms. The molecule has 1 aromatic carbocycles. The topological polar surface area (TPSA) is 38.8 Å². The van der Waals surface area contributed by atoms with Crippen LogP contribution in [0.25, 0.3) is 0 Å². The van der Waals surface area contributed by atoms with Crippen LogP contribution in [0.4, 0.5) is 0 Å². The fraction of sp³-hybridized carbons (Fsp3) is 0.312. The van der Waals surface area contributed by atoms with Gasteiger partial charge in [0.1, 0.15) is 16.0 Å². The summed E-state index contributed by atoms with van der Waals surface area (Å²) >= 11 is 5.06. The van der Waals surface area contributed by atoms with Crippen LogP contribution in [0.15, 0.2) is 28.1 Å². The van der Waals surface area contributed by atoms with Crippen LogP contribution >= 0.6 is 27.3 Å². The molecule has 6 heteroatoms. The van der Waals surface area contributed by atoms with Crippen molar-refractivity contribution in [3.8, 4) is 11.5 Å². The Morgan fingerprint density at radius 1 is 1.27 bits per heavy atom. The van der Waals surface area contributed by atoms with Gasteiger partial charge in [0.05, 0.1) is 20.8 Å². The largest absolute Gasteiger partial charge is 0.495 e. The van der Waals surface area contributed by atoms with Gasteiger partial charge in [0, 0.05) is 17.5 Å². The quantitative estimate of drug-likeness (QED) is 0.779. The number of aryl methyl sites for hydroxylation is 1. The molecule has 0 saturated carbocycles. The predicted molar refractivity (Wildman–Crippen MR) is 92.1 cm³/mol. The molecule has 0 N–H and O–H groups in total. The normalized spacial score (nSPS) is 10.4. The van der Waals surface area contributed by atoms with Gasteiger partial charge < -0.3 is 14.4 Å². The van der Waals surface area contributed by atoms with E-state index in [1.165, 1.54) is 10.4 Å². The van der Waals surface area contributed by atoms with E-state index in [0.29, 0.717) is 28.1 Å². The van der Waals surface area contributed by atoms with Gasteiger partial charge in [-0.15, -0.1) is 11.3 Å². The van der Waals surface area contributed by atoms with Gasteiger partial charge in [-0.2, -0.15) is 0 Å². The van der Waals surface area contributed by atoms with Crippen LogP contribution in [0.5, 0.6) is 11.5 Å².